The van der Waals surface area contributed by atoms with Crippen molar-refractivity contribution in [2.24, 2.45) is 0 Å². The van der Waals surface area contributed by atoms with Gasteiger partial charge in [0.15, 0.2) is 11.9 Å². The van der Waals surface area contributed by atoms with Crippen LogP contribution in [0.15, 0.2) is 60.8 Å². The standard InChI is InChI=1S/C29H34N4O5/c1-28(2,3)38-27(36)32-29(4,18-34)33-17-15-22(19-11-13-21(37-5)14-12-19)25(33)26(35)31-23-10-6-8-20-9-7-16-30-24(20)23/h6-14,16,18,22,25H,15,17H2,1-5H3,(H,31,35)(H,32,36)/t22-,25-,29-/m0/s1. The second-order valence-electron chi connectivity index (χ2n) is 10.6. The fraction of sp³-hybridized carbons (Fsp3) is 0.379. The Bertz CT molecular complexity index is 1320. The topological polar surface area (TPSA) is 110 Å². The Balaban J connectivity index is 1.70. The van der Waals surface area contributed by atoms with Gasteiger partial charge in [-0.05, 0) is 63.9 Å². The molecule has 1 fully saturated rings. The number of hydrogen-bond donors (Lipinski definition) is 2. The first-order valence-corrected chi connectivity index (χ1v) is 12.6. The van der Waals surface area contributed by atoms with Crippen LogP contribution in [0.1, 0.15) is 45.6 Å². The Morgan fingerprint density at radius 2 is 1.76 bits per heavy atom. The zero-order chi connectivity index (χ0) is 27.5. The van der Waals surface area contributed by atoms with Crippen molar-refractivity contribution in [2.45, 2.75) is 57.3 Å². The highest BCUT2D eigenvalue weighted by Crippen LogP contribution is 2.38. The van der Waals surface area contributed by atoms with E-state index in [-0.39, 0.29) is 11.8 Å². The van der Waals surface area contributed by atoms with Gasteiger partial charge >= 0.3 is 6.09 Å². The summed E-state index contributed by atoms with van der Waals surface area (Å²) >= 11 is 0. The normalized spacial score (nSPS) is 19.4. The van der Waals surface area contributed by atoms with E-state index in [0.29, 0.717) is 36.2 Å². The van der Waals surface area contributed by atoms with Crippen LogP contribution in [-0.4, -0.2) is 59.1 Å². The third-order valence-corrected chi connectivity index (χ3v) is 6.68. The van der Waals surface area contributed by atoms with Gasteiger partial charge in [-0.15, -0.1) is 0 Å². The van der Waals surface area contributed by atoms with Crippen LogP contribution in [0.5, 0.6) is 5.75 Å². The van der Waals surface area contributed by atoms with Crippen LogP contribution < -0.4 is 15.4 Å². The maximum Gasteiger partial charge on any atom is 0.409 e. The van der Waals surface area contributed by atoms with E-state index < -0.39 is 23.4 Å². The molecule has 2 amide bonds. The molecule has 0 unspecified atom stereocenters. The van der Waals surface area contributed by atoms with Gasteiger partial charge in [-0.2, -0.15) is 0 Å². The first kappa shape index (κ1) is 27.1. The number of para-hydroxylation sites is 1. The number of rotatable bonds is 7. The lowest BCUT2D eigenvalue weighted by Crippen LogP contribution is -2.64. The minimum atomic E-state index is -1.48. The van der Waals surface area contributed by atoms with Crippen LogP contribution in [0.25, 0.3) is 10.9 Å². The van der Waals surface area contributed by atoms with Crippen molar-refractivity contribution in [3.63, 3.8) is 0 Å². The van der Waals surface area contributed by atoms with Gasteiger partial charge < -0.3 is 14.8 Å². The van der Waals surface area contributed by atoms with Crippen molar-refractivity contribution in [3.05, 3.63) is 66.4 Å². The molecule has 2 aromatic carbocycles. The lowest BCUT2D eigenvalue weighted by molar-refractivity contribution is -0.128. The molecule has 9 heteroatoms. The SMILES string of the molecule is COc1ccc([C@@H]2CCN([C@@](C)(C=O)NC(=O)OC(C)(C)C)[C@@H]2C(=O)Nc2cccc3cccnc23)cc1. The first-order chi connectivity index (χ1) is 18.0. The molecule has 38 heavy (non-hydrogen) atoms. The average molecular weight is 519 g/mol. The van der Waals surface area contributed by atoms with Crippen LogP contribution in [-0.2, 0) is 14.3 Å². The molecule has 2 N–H and O–H groups in total. The minimum Gasteiger partial charge on any atom is -0.497 e. The number of methoxy groups -OCH3 is 1. The van der Waals surface area contributed by atoms with Crippen molar-refractivity contribution >= 4 is 34.9 Å². The van der Waals surface area contributed by atoms with Gasteiger partial charge in [-0.25, -0.2) is 4.79 Å². The quantitative estimate of drug-likeness (QED) is 0.444. The van der Waals surface area contributed by atoms with Gasteiger partial charge in [-0.1, -0.05) is 30.3 Å². The fourth-order valence-corrected chi connectivity index (χ4v) is 4.93. The van der Waals surface area contributed by atoms with E-state index in [9.17, 15) is 14.4 Å². The van der Waals surface area contributed by atoms with E-state index >= 15 is 0 Å². The molecule has 2 heterocycles. The van der Waals surface area contributed by atoms with Gasteiger partial charge in [-0.3, -0.25) is 24.8 Å². The second kappa shape index (κ2) is 10.8. The van der Waals surface area contributed by atoms with Crippen molar-refractivity contribution in [2.75, 3.05) is 19.0 Å². The number of amides is 2. The number of ether oxygens (including phenoxy) is 2. The minimum absolute atomic E-state index is 0.247. The summed E-state index contributed by atoms with van der Waals surface area (Å²) in [6.45, 7) is 7.21. The molecule has 1 aliphatic heterocycles. The zero-order valence-corrected chi connectivity index (χ0v) is 22.4. The second-order valence-corrected chi connectivity index (χ2v) is 10.6. The highest BCUT2D eigenvalue weighted by Gasteiger charge is 2.49. The highest BCUT2D eigenvalue weighted by molar-refractivity contribution is 6.03. The van der Waals surface area contributed by atoms with Crippen molar-refractivity contribution < 1.29 is 23.9 Å². The molecule has 0 bridgehead atoms. The molecular weight excluding hydrogens is 484 g/mol. The molecule has 1 aromatic heterocycles. The van der Waals surface area contributed by atoms with Crippen molar-refractivity contribution in [1.29, 1.82) is 0 Å². The number of aromatic nitrogens is 1. The number of fused-ring (bicyclic) bond motifs is 1. The summed E-state index contributed by atoms with van der Waals surface area (Å²) < 4.78 is 10.7. The van der Waals surface area contributed by atoms with Crippen LogP contribution >= 0.6 is 0 Å². The number of carbonyl (C=O) groups excluding carboxylic acids is 3. The number of aldehydes is 1. The van der Waals surface area contributed by atoms with E-state index in [2.05, 4.69) is 15.6 Å². The summed E-state index contributed by atoms with van der Waals surface area (Å²) in [5.41, 5.74) is -0.0686. The molecule has 200 valence electrons. The van der Waals surface area contributed by atoms with Gasteiger partial charge in [0.2, 0.25) is 5.91 Å². The Labute approximate surface area is 222 Å². The molecule has 3 atom stereocenters. The number of benzene rings is 2. The molecule has 0 spiro atoms. The molecule has 3 aromatic rings. The van der Waals surface area contributed by atoms with Crippen molar-refractivity contribution in [1.82, 2.24) is 15.2 Å². The number of nitrogens with one attached hydrogen (secondary N) is 2. The van der Waals surface area contributed by atoms with Gasteiger partial charge in [0, 0.05) is 24.0 Å². The monoisotopic (exact) mass is 518 g/mol. The van der Waals surface area contributed by atoms with E-state index in [0.717, 1.165) is 10.9 Å². The summed E-state index contributed by atoms with van der Waals surface area (Å²) in [7, 11) is 1.60. The summed E-state index contributed by atoms with van der Waals surface area (Å²) in [5, 5.41) is 6.63. The lowest BCUT2D eigenvalue weighted by Gasteiger charge is -2.39. The Kier molecular flexibility index (Phi) is 7.68. The van der Waals surface area contributed by atoms with E-state index in [1.165, 1.54) is 0 Å². The predicted octanol–water partition coefficient (Wildman–Crippen LogP) is 4.48. The van der Waals surface area contributed by atoms with Gasteiger partial charge in [0.25, 0.3) is 0 Å². The van der Waals surface area contributed by atoms with E-state index in [4.69, 9.17) is 9.47 Å². The van der Waals surface area contributed by atoms with Crippen LogP contribution in [0.2, 0.25) is 0 Å². The Morgan fingerprint density at radius 1 is 1.05 bits per heavy atom. The molecule has 0 saturated carbocycles. The highest BCUT2D eigenvalue weighted by atomic mass is 16.6. The summed E-state index contributed by atoms with van der Waals surface area (Å²) in [6.07, 6.45) is 2.18. The smallest absolute Gasteiger partial charge is 0.409 e. The fourth-order valence-electron chi connectivity index (χ4n) is 4.93. The molecule has 0 aliphatic carbocycles. The number of alkyl carbamates (subject to hydrolysis) is 1. The van der Waals surface area contributed by atoms with E-state index in [1.54, 1.807) is 52.0 Å². The Morgan fingerprint density at radius 3 is 2.42 bits per heavy atom. The average Bonchev–Trinajstić information content (AvgIpc) is 3.34. The van der Waals surface area contributed by atoms with Gasteiger partial charge in [0.1, 0.15) is 11.4 Å². The maximum absolute atomic E-state index is 14.0. The Hall–Kier alpha value is -3.98. The molecule has 1 aliphatic rings. The number of hydrogen-bond acceptors (Lipinski definition) is 7. The molecular formula is C29H34N4O5. The molecule has 1 saturated heterocycles. The maximum atomic E-state index is 14.0. The zero-order valence-electron chi connectivity index (χ0n) is 22.4. The number of carbonyl (C=O) groups is 3. The van der Waals surface area contributed by atoms with Crippen LogP contribution in [0, 0.1) is 0 Å². The summed E-state index contributed by atoms with van der Waals surface area (Å²) in [4.78, 5) is 45.3. The largest absolute Gasteiger partial charge is 0.497 e. The van der Waals surface area contributed by atoms with Crippen molar-refractivity contribution in [3.8, 4) is 5.75 Å². The summed E-state index contributed by atoms with van der Waals surface area (Å²) in [5.74, 6) is 0.153. The third-order valence-electron chi connectivity index (χ3n) is 6.68. The number of nitrogens with zero attached hydrogens (tertiary/aromatic N) is 2. The molecule has 4 rings (SSSR count). The first-order valence-electron chi connectivity index (χ1n) is 12.6. The summed E-state index contributed by atoms with van der Waals surface area (Å²) in [6, 6.07) is 16.1. The third kappa shape index (κ3) is 5.78. The number of pyridine rings is 1. The van der Waals surface area contributed by atoms with E-state index in [1.807, 2.05) is 48.5 Å². The lowest BCUT2D eigenvalue weighted by atomic mass is 9.90. The molecule has 0 radical (unpaired) electrons. The predicted molar refractivity (Wildman–Crippen MR) is 145 cm³/mol. The van der Waals surface area contributed by atoms with Gasteiger partial charge in [0.05, 0.1) is 24.4 Å². The molecule has 9 nitrogen and oxygen atoms in total. The van der Waals surface area contributed by atoms with Crippen LogP contribution in [0.3, 0.4) is 0 Å². The number of anilines is 1. The number of likely N-dealkylation sites (tertiary alicyclic amines) is 1. The van der Waals surface area contributed by atoms with Crippen LogP contribution in [0.4, 0.5) is 10.5 Å².